The van der Waals surface area contributed by atoms with Crippen molar-refractivity contribution >= 4 is 29.9 Å². The van der Waals surface area contributed by atoms with E-state index in [1.165, 1.54) is 12.1 Å². The summed E-state index contributed by atoms with van der Waals surface area (Å²) in [6.07, 6.45) is -0.0550. The number of nitrogens with one attached hydrogen (secondary N) is 2. The fraction of sp³-hybridized carbons (Fsp3) is 0.278. The van der Waals surface area contributed by atoms with Gasteiger partial charge in [0.05, 0.1) is 6.10 Å². The highest BCUT2D eigenvalue weighted by Gasteiger charge is 2.10. The Morgan fingerprint density at radius 3 is 2.33 bits per heavy atom. The zero-order chi connectivity index (χ0) is 16.5. The van der Waals surface area contributed by atoms with Crippen LogP contribution < -0.4 is 10.6 Å². The second kappa shape index (κ2) is 11.0. The molecular weight excluding hydrogens is 420 g/mol. The van der Waals surface area contributed by atoms with Gasteiger partial charge in [-0.15, -0.1) is 24.0 Å². The van der Waals surface area contributed by atoms with Gasteiger partial charge in [0.15, 0.2) is 5.96 Å². The molecule has 0 aliphatic heterocycles. The third kappa shape index (κ3) is 6.45. The van der Waals surface area contributed by atoms with Crippen molar-refractivity contribution in [3.63, 3.8) is 0 Å². The molecular formula is C18H23FIN3O. The molecule has 0 radical (unpaired) electrons. The SMILES string of the molecule is CN=C(NCc1ccc(F)cc1)NCC(OC)c1ccccc1.I. The van der Waals surface area contributed by atoms with Gasteiger partial charge in [0.25, 0.3) is 0 Å². The number of ether oxygens (including phenoxy) is 1. The minimum atomic E-state index is -0.234. The molecule has 130 valence electrons. The minimum Gasteiger partial charge on any atom is -0.375 e. The number of aliphatic imine (C=N–C) groups is 1. The molecule has 1 unspecified atom stereocenters. The molecule has 24 heavy (non-hydrogen) atoms. The zero-order valence-corrected chi connectivity index (χ0v) is 16.2. The van der Waals surface area contributed by atoms with E-state index in [1.54, 1.807) is 26.3 Å². The highest BCUT2D eigenvalue weighted by atomic mass is 127. The summed E-state index contributed by atoms with van der Waals surface area (Å²) in [5.41, 5.74) is 2.09. The first-order chi connectivity index (χ1) is 11.2. The molecule has 1 atom stereocenters. The highest BCUT2D eigenvalue weighted by molar-refractivity contribution is 14.0. The van der Waals surface area contributed by atoms with E-state index < -0.39 is 0 Å². The van der Waals surface area contributed by atoms with E-state index in [9.17, 15) is 4.39 Å². The molecule has 0 aliphatic carbocycles. The molecule has 0 saturated carbocycles. The average Bonchev–Trinajstić information content (AvgIpc) is 2.60. The quantitative estimate of drug-likeness (QED) is 0.408. The molecule has 2 rings (SSSR count). The van der Waals surface area contributed by atoms with Gasteiger partial charge < -0.3 is 15.4 Å². The van der Waals surface area contributed by atoms with Crippen molar-refractivity contribution in [1.82, 2.24) is 10.6 Å². The number of hydrogen-bond acceptors (Lipinski definition) is 2. The van der Waals surface area contributed by atoms with Crippen LogP contribution in [0.15, 0.2) is 59.6 Å². The van der Waals surface area contributed by atoms with Crippen molar-refractivity contribution < 1.29 is 9.13 Å². The Kier molecular flexibility index (Phi) is 9.33. The van der Waals surface area contributed by atoms with Gasteiger partial charge >= 0.3 is 0 Å². The van der Waals surface area contributed by atoms with Crippen LogP contribution >= 0.6 is 24.0 Å². The smallest absolute Gasteiger partial charge is 0.191 e. The lowest BCUT2D eigenvalue weighted by Crippen LogP contribution is -2.39. The standard InChI is InChI=1S/C18H22FN3O.HI/c1-20-18(21-12-14-8-10-16(19)11-9-14)22-13-17(23-2)15-6-4-3-5-7-15;/h3-11,17H,12-13H2,1-2H3,(H2,20,21,22);1H. The number of methoxy groups -OCH3 is 1. The van der Waals surface area contributed by atoms with Gasteiger partial charge in [-0.3, -0.25) is 4.99 Å². The fourth-order valence-electron chi connectivity index (χ4n) is 2.20. The monoisotopic (exact) mass is 443 g/mol. The largest absolute Gasteiger partial charge is 0.375 e. The molecule has 0 heterocycles. The maximum Gasteiger partial charge on any atom is 0.191 e. The third-order valence-corrected chi connectivity index (χ3v) is 3.51. The van der Waals surface area contributed by atoms with Crippen molar-refractivity contribution in [1.29, 1.82) is 0 Å². The molecule has 6 heteroatoms. The molecule has 0 spiro atoms. The topological polar surface area (TPSA) is 45.7 Å². The van der Waals surface area contributed by atoms with Gasteiger partial charge in [0, 0.05) is 27.2 Å². The third-order valence-electron chi connectivity index (χ3n) is 3.51. The second-order valence-corrected chi connectivity index (χ2v) is 5.07. The van der Waals surface area contributed by atoms with Crippen LogP contribution in [0.5, 0.6) is 0 Å². The van der Waals surface area contributed by atoms with Crippen LogP contribution in [0.4, 0.5) is 4.39 Å². The highest BCUT2D eigenvalue weighted by Crippen LogP contribution is 2.14. The van der Waals surface area contributed by atoms with Crippen LogP contribution in [0.3, 0.4) is 0 Å². The Morgan fingerprint density at radius 2 is 1.75 bits per heavy atom. The predicted molar refractivity (Wildman–Crippen MR) is 106 cm³/mol. The molecule has 0 bridgehead atoms. The first kappa shape index (κ1) is 20.4. The van der Waals surface area contributed by atoms with Crippen LogP contribution in [0.2, 0.25) is 0 Å². The van der Waals surface area contributed by atoms with Gasteiger partial charge in [0.2, 0.25) is 0 Å². The van der Waals surface area contributed by atoms with Gasteiger partial charge in [-0.1, -0.05) is 42.5 Å². The molecule has 0 fully saturated rings. The lowest BCUT2D eigenvalue weighted by molar-refractivity contribution is 0.106. The Hall–Kier alpha value is -1.67. The van der Waals surface area contributed by atoms with E-state index in [1.807, 2.05) is 30.3 Å². The van der Waals surface area contributed by atoms with Crippen molar-refractivity contribution in [3.8, 4) is 0 Å². The number of halogens is 2. The zero-order valence-electron chi connectivity index (χ0n) is 13.8. The predicted octanol–water partition coefficient (Wildman–Crippen LogP) is 3.50. The summed E-state index contributed by atoms with van der Waals surface area (Å²) in [6, 6.07) is 16.4. The lowest BCUT2D eigenvalue weighted by atomic mass is 10.1. The second-order valence-electron chi connectivity index (χ2n) is 5.07. The maximum atomic E-state index is 12.9. The van der Waals surface area contributed by atoms with Crippen LogP contribution in [0.25, 0.3) is 0 Å². The Balaban J connectivity index is 0.00000288. The molecule has 0 saturated heterocycles. The van der Waals surface area contributed by atoms with E-state index in [0.29, 0.717) is 19.0 Å². The maximum absolute atomic E-state index is 12.9. The van der Waals surface area contributed by atoms with Gasteiger partial charge in [-0.2, -0.15) is 0 Å². The van der Waals surface area contributed by atoms with E-state index >= 15 is 0 Å². The van der Waals surface area contributed by atoms with E-state index in [2.05, 4.69) is 15.6 Å². The molecule has 2 aromatic carbocycles. The summed E-state index contributed by atoms with van der Waals surface area (Å²) < 4.78 is 18.4. The average molecular weight is 443 g/mol. The van der Waals surface area contributed by atoms with Crippen molar-refractivity contribution in [2.45, 2.75) is 12.6 Å². The number of hydrogen-bond donors (Lipinski definition) is 2. The van der Waals surface area contributed by atoms with Crippen LogP contribution in [-0.2, 0) is 11.3 Å². The summed E-state index contributed by atoms with van der Waals surface area (Å²) in [5, 5.41) is 6.44. The van der Waals surface area contributed by atoms with Crippen molar-refractivity contribution in [3.05, 3.63) is 71.5 Å². The molecule has 0 aliphatic rings. The van der Waals surface area contributed by atoms with Gasteiger partial charge in [-0.05, 0) is 23.3 Å². The number of rotatable bonds is 6. The summed E-state index contributed by atoms with van der Waals surface area (Å²) >= 11 is 0. The summed E-state index contributed by atoms with van der Waals surface area (Å²) in [7, 11) is 3.40. The lowest BCUT2D eigenvalue weighted by Gasteiger charge is -2.18. The van der Waals surface area contributed by atoms with E-state index in [4.69, 9.17) is 4.74 Å². The van der Waals surface area contributed by atoms with Crippen molar-refractivity contribution in [2.75, 3.05) is 20.7 Å². The van der Waals surface area contributed by atoms with Crippen molar-refractivity contribution in [2.24, 2.45) is 4.99 Å². The Bertz CT molecular complexity index is 620. The first-order valence-corrected chi connectivity index (χ1v) is 7.49. The molecule has 0 amide bonds. The number of benzene rings is 2. The number of guanidine groups is 1. The molecule has 2 N–H and O–H groups in total. The van der Waals surface area contributed by atoms with Crippen LogP contribution in [0, 0.1) is 5.82 Å². The summed E-state index contributed by atoms with van der Waals surface area (Å²) in [4.78, 5) is 4.19. The number of nitrogens with zero attached hydrogens (tertiary/aromatic N) is 1. The van der Waals surface area contributed by atoms with E-state index in [-0.39, 0.29) is 35.9 Å². The first-order valence-electron chi connectivity index (χ1n) is 7.49. The minimum absolute atomic E-state index is 0. The van der Waals surface area contributed by atoms with Gasteiger partial charge in [-0.25, -0.2) is 4.39 Å². The van der Waals surface area contributed by atoms with Gasteiger partial charge in [0.1, 0.15) is 5.82 Å². The fourth-order valence-corrected chi connectivity index (χ4v) is 2.20. The van der Waals surface area contributed by atoms with Crippen LogP contribution in [0.1, 0.15) is 17.2 Å². The summed E-state index contributed by atoms with van der Waals surface area (Å²) in [5.74, 6) is 0.439. The molecule has 0 aromatic heterocycles. The Labute approximate surface area is 159 Å². The molecule has 2 aromatic rings. The molecule has 4 nitrogen and oxygen atoms in total. The summed E-state index contributed by atoms with van der Waals surface area (Å²) in [6.45, 7) is 1.17. The Morgan fingerprint density at radius 1 is 1.08 bits per heavy atom. The van der Waals surface area contributed by atoms with Crippen LogP contribution in [-0.4, -0.2) is 26.7 Å². The van der Waals surface area contributed by atoms with E-state index in [0.717, 1.165) is 11.1 Å². The normalized spacial score (nSPS) is 12.2.